The van der Waals surface area contributed by atoms with E-state index in [0.29, 0.717) is 35.5 Å². The van der Waals surface area contributed by atoms with Gasteiger partial charge in [-0.15, -0.1) is 0 Å². The fraction of sp³-hybridized carbons (Fsp3) is 0.706. The van der Waals surface area contributed by atoms with Crippen molar-refractivity contribution < 1.29 is 33.4 Å². The van der Waals surface area contributed by atoms with Gasteiger partial charge >= 0.3 is 6.03 Å². The summed E-state index contributed by atoms with van der Waals surface area (Å²) >= 11 is 0. The summed E-state index contributed by atoms with van der Waals surface area (Å²) in [6, 6.07) is -1.11. The van der Waals surface area contributed by atoms with E-state index in [1.54, 1.807) is 0 Å². The molecule has 6 fully saturated rings. The standard InChI is InChI=1S/C17H16N2O7/c20-13-9-5-1-2-6(25-5)10(9)14(21)18(13)17(24)19-15(22)11-7-3-4-8(26-7)12(11)16(19)23/h5-12H,1-4H2/t5-,6-,7-,8+,9-,10+,11-,12+/m0/s1. The zero-order chi connectivity index (χ0) is 17.9. The third kappa shape index (κ3) is 1.49. The molecule has 6 heterocycles. The number of carbonyl (C=O) groups is 5. The van der Waals surface area contributed by atoms with Gasteiger partial charge in [-0.1, -0.05) is 0 Å². The summed E-state index contributed by atoms with van der Waals surface area (Å²) in [5.41, 5.74) is 0. The van der Waals surface area contributed by atoms with Crippen LogP contribution in [0.5, 0.6) is 0 Å². The first-order valence-corrected chi connectivity index (χ1v) is 9.09. The molecule has 0 aromatic rings. The van der Waals surface area contributed by atoms with Crippen LogP contribution in [0.25, 0.3) is 0 Å². The van der Waals surface area contributed by atoms with Gasteiger partial charge in [0, 0.05) is 0 Å². The minimum absolute atomic E-state index is 0.354. The lowest BCUT2D eigenvalue weighted by Gasteiger charge is -2.21. The van der Waals surface area contributed by atoms with E-state index < -0.39 is 53.3 Å². The average Bonchev–Trinajstić information content (AvgIpc) is 3.41. The van der Waals surface area contributed by atoms with Gasteiger partial charge < -0.3 is 9.47 Å². The first-order chi connectivity index (χ1) is 12.5. The van der Waals surface area contributed by atoms with Gasteiger partial charge in [0.1, 0.15) is 0 Å². The molecule has 6 amide bonds. The summed E-state index contributed by atoms with van der Waals surface area (Å²) in [5.74, 6) is -5.26. The van der Waals surface area contributed by atoms with Crippen LogP contribution in [0.2, 0.25) is 0 Å². The number of likely N-dealkylation sites (tertiary alicyclic amines) is 2. The van der Waals surface area contributed by atoms with E-state index in [2.05, 4.69) is 0 Å². The Kier molecular flexibility index (Phi) is 2.64. The summed E-state index contributed by atoms with van der Waals surface area (Å²) in [5, 5.41) is 0. The van der Waals surface area contributed by atoms with Crippen molar-refractivity contribution in [2.75, 3.05) is 0 Å². The number of imide groups is 6. The summed E-state index contributed by atoms with van der Waals surface area (Å²) in [4.78, 5) is 64.8. The van der Waals surface area contributed by atoms with Crippen LogP contribution in [-0.2, 0) is 28.7 Å². The molecule has 9 nitrogen and oxygen atoms in total. The van der Waals surface area contributed by atoms with Gasteiger partial charge in [0.05, 0.1) is 48.1 Å². The summed E-state index contributed by atoms with van der Waals surface area (Å²) in [7, 11) is 0. The van der Waals surface area contributed by atoms with E-state index in [0.717, 1.165) is 0 Å². The molecule has 0 saturated carbocycles. The molecule has 9 heteroatoms. The van der Waals surface area contributed by atoms with Crippen LogP contribution in [0.3, 0.4) is 0 Å². The average molecular weight is 360 g/mol. The third-order valence-corrected chi connectivity index (χ3v) is 6.95. The van der Waals surface area contributed by atoms with E-state index >= 15 is 0 Å². The molecule has 6 saturated heterocycles. The van der Waals surface area contributed by atoms with Gasteiger partial charge in [-0.25, -0.2) is 4.79 Å². The van der Waals surface area contributed by atoms with Crippen molar-refractivity contribution in [1.82, 2.24) is 9.80 Å². The lowest BCUT2D eigenvalue weighted by molar-refractivity contribution is -0.142. The Morgan fingerprint density at radius 3 is 1.15 bits per heavy atom. The Morgan fingerprint density at radius 1 is 0.615 bits per heavy atom. The van der Waals surface area contributed by atoms with Crippen molar-refractivity contribution in [2.45, 2.75) is 50.1 Å². The van der Waals surface area contributed by atoms with Gasteiger partial charge in [-0.05, 0) is 25.7 Å². The number of hydrogen-bond donors (Lipinski definition) is 0. The number of ether oxygens (including phenoxy) is 2. The lowest BCUT2D eigenvalue weighted by Crippen LogP contribution is -2.51. The van der Waals surface area contributed by atoms with Crippen LogP contribution in [0.15, 0.2) is 0 Å². The molecule has 0 radical (unpaired) electrons. The van der Waals surface area contributed by atoms with Gasteiger partial charge in [-0.3, -0.25) is 19.2 Å². The second-order valence-corrected chi connectivity index (χ2v) is 7.99. The van der Waals surface area contributed by atoms with Crippen LogP contribution in [0.4, 0.5) is 4.79 Å². The van der Waals surface area contributed by atoms with E-state index in [1.165, 1.54) is 0 Å². The zero-order valence-corrected chi connectivity index (χ0v) is 13.7. The van der Waals surface area contributed by atoms with Gasteiger partial charge in [-0.2, -0.15) is 9.80 Å². The van der Waals surface area contributed by atoms with E-state index in [4.69, 9.17) is 9.47 Å². The molecule has 0 unspecified atom stereocenters. The van der Waals surface area contributed by atoms with Crippen molar-refractivity contribution >= 4 is 29.7 Å². The second-order valence-electron chi connectivity index (χ2n) is 7.99. The monoisotopic (exact) mass is 360 g/mol. The van der Waals surface area contributed by atoms with E-state index in [9.17, 15) is 24.0 Å². The Bertz CT molecular complexity index is 689. The van der Waals surface area contributed by atoms with Gasteiger partial charge in [0.2, 0.25) is 23.6 Å². The fourth-order valence-electron chi connectivity index (χ4n) is 5.90. The molecular weight excluding hydrogens is 344 g/mol. The summed E-state index contributed by atoms with van der Waals surface area (Å²) in [6.07, 6.45) is 1.30. The molecule has 136 valence electrons. The first kappa shape index (κ1) is 15.0. The van der Waals surface area contributed by atoms with E-state index in [1.807, 2.05) is 0 Å². The number of amides is 6. The van der Waals surface area contributed by atoms with Gasteiger partial charge in [0.15, 0.2) is 0 Å². The summed E-state index contributed by atoms with van der Waals surface area (Å²) < 4.78 is 11.3. The zero-order valence-electron chi connectivity index (χ0n) is 13.7. The highest BCUT2D eigenvalue weighted by Crippen LogP contribution is 2.51. The fourth-order valence-corrected chi connectivity index (χ4v) is 5.90. The Labute approximate surface area is 147 Å². The second kappa shape index (κ2) is 4.58. The first-order valence-electron chi connectivity index (χ1n) is 9.09. The maximum absolute atomic E-state index is 12.9. The quantitative estimate of drug-likeness (QED) is 0.532. The molecule has 6 rings (SSSR count). The number of urea groups is 1. The van der Waals surface area contributed by atoms with Crippen LogP contribution in [-0.4, -0.2) is 63.9 Å². The largest absolute Gasteiger partial charge is 0.373 e. The third-order valence-electron chi connectivity index (χ3n) is 6.95. The van der Waals surface area contributed by atoms with Crippen LogP contribution in [0, 0.1) is 23.7 Å². The minimum Gasteiger partial charge on any atom is -0.373 e. The molecule has 0 aromatic carbocycles. The van der Waals surface area contributed by atoms with Crippen molar-refractivity contribution in [1.29, 1.82) is 0 Å². The molecule has 0 spiro atoms. The van der Waals surface area contributed by atoms with Gasteiger partial charge in [0.25, 0.3) is 0 Å². The molecule has 0 aliphatic carbocycles. The number of carbonyl (C=O) groups excluding carboxylic acids is 5. The molecule has 8 atom stereocenters. The SMILES string of the molecule is O=C1[C@@H]2[C@H](C(=O)N1C(=O)N1C(=O)[C@@H]3[C@H](C1=O)[C@H]1CC[C@@H]3O1)[C@@H]1CC[C@@H]2O1. The Balaban J connectivity index is 1.33. The highest BCUT2D eigenvalue weighted by molar-refractivity contribution is 6.25. The highest BCUT2D eigenvalue weighted by atomic mass is 16.5. The highest BCUT2D eigenvalue weighted by Gasteiger charge is 2.68. The predicted molar refractivity (Wildman–Crippen MR) is 78.9 cm³/mol. The van der Waals surface area contributed by atoms with Crippen LogP contribution < -0.4 is 0 Å². The number of rotatable bonds is 0. The van der Waals surface area contributed by atoms with Crippen molar-refractivity contribution in [3.63, 3.8) is 0 Å². The lowest BCUT2D eigenvalue weighted by atomic mass is 9.81. The summed E-state index contributed by atoms with van der Waals surface area (Å²) in [6.45, 7) is 0. The van der Waals surface area contributed by atoms with Crippen molar-refractivity contribution in [3.05, 3.63) is 0 Å². The van der Waals surface area contributed by atoms with Crippen molar-refractivity contribution in [2.24, 2.45) is 23.7 Å². The predicted octanol–water partition coefficient (Wildman–Crippen LogP) is -0.569. The minimum atomic E-state index is -1.11. The molecule has 26 heavy (non-hydrogen) atoms. The Hall–Kier alpha value is -2.13. The Morgan fingerprint density at radius 2 is 0.885 bits per heavy atom. The van der Waals surface area contributed by atoms with Crippen molar-refractivity contribution in [3.8, 4) is 0 Å². The maximum Gasteiger partial charge on any atom is 0.347 e. The maximum atomic E-state index is 12.9. The molecule has 0 aromatic heterocycles. The molecule has 6 aliphatic heterocycles. The van der Waals surface area contributed by atoms with Crippen LogP contribution in [0.1, 0.15) is 25.7 Å². The number of nitrogens with zero attached hydrogens (tertiary/aromatic N) is 2. The molecular formula is C17H16N2O7. The smallest absolute Gasteiger partial charge is 0.347 e. The normalized spacial score (nSPS) is 48.2. The topological polar surface area (TPSA) is 110 Å². The molecule has 4 bridgehead atoms. The molecule has 0 N–H and O–H groups in total. The van der Waals surface area contributed by atoms with E-state index in [-0.39, 0.29) is 24.4 Å². The number of hydrogen-bond acceptors (Lipinski definition) is 7. The van der Waals surface area contributed by atoms with Crippen LogP contribution >= 0.6 is 0 Å². The number of fused-ring (bicyclic) bond motifs is 10. The molecule has 6 aliphatic rings.